The van der Waals surface area contributed by atoms with Crippen molar-refractivity contribution in [2.75, 3.05) is 7.11 Å². The van der Waals surface area contributed by atoms with Gasteiger partial charge in [0.25, 0.3) is 5.56 Å². The van der Waals surface area contributed by atoms with Gasteiger partial charge in [-0.15, -0.1) is 0 Å². The summed E-state index contributed by atoms with van der Waals surface area (Å²) in [5, 5.41) is 0.800. The number of carbonyl (C=O) groups excluding carboxylic acids is 1. The minimum atomic E-state index is -0.630. The molecule has 1 aromatic carbocycles. The number of aromatic nitrogens is 2. The molecule has 3 aromatic heterocycles. The van der Waals surface area contributed by atoms with Gasteiger partial charge in [0.2, 0.25) is 5.76 Å². The first kappa shape index (κ1) is 17.9. The fourth-order valence-electron chi connectivity index (χ4n) is 3.19. The van der Waals surface area contributed by atoms with Gasteiger partial charge in [-0.3, -0.25) is 9.20 Å². The van der Waals surface area contributed by atoms with E-state index in [-0.39, 0.29) is 24.5 Å². The maximum Gasteiger partial charge on any atom is 0.375 e. The van der Waals surface area contributed by atoms with E-state index in [4.69, 9.17) is 13.9 Å². The number of benzene rings is 1. The molecule has 0 fully saturated rings. The predicted molar refractivity (Wildman–Crippen MR) is 102 cm³/mol. The first-order chi connectivity index (χ1) is 13.6. The Morgan fingerprint density at radius 2 is 1.96 bits per heavy atom. The van der Waals surface area contributed by atoms with E-state index < -0.39 is 5.97 Å². The van der Waals surface area contributed by atoms with Crippen LogP contribution in [0.25, 0.3) is 16.6 Å². The number of methoxy groups -OCH3 is 1. The SMILES string of the molecule is COCc1c(C(=O)OCc2cc(=O)n3c(C)cccc3n2)oc2ccccc12. The molecule has 4 aromatic rings. The number of hydrogen-bond donors (Lipinski definition) is 0. The van der Waals surface area contributed by atoms with E-state index in [2.05, 4.69) is 4.98 Å². The van der Waals surface area contributed by atoms with Crippen LogP contribution in [0.5, 0.6) is 0 Å². The number of para-hydroxylation sites is 1. The third kappa shape index (κ3) is 3.16. The third-order valence-corrected chi connectivity index (χ3v) is 4.46. The number of fused-ring (bicyclic) bond motifs is 2. The van der Waals surface area contributed by atoms with Crippen molar-refractivity contribution < 1.29 is 18.7 Å². The molecule has 0 aliphatic rings. The van der Waals surface area contributed by atoms with Gasteiger partial charge in [0.05, 0.1) is 12.3 Å². The maximum atomic E-state index is 12.6. The van der Waals surface area contributed by atoms with E-state index in [0.29, 0.717) is 22.5 Å². The van der Waals surface area contributed by atoms with Crippen LogP contribution in [-0.2, 0) is 22.7 Å². The van der Waals surface area contributed by atoms with Crippen LogP contribution in [0, 0.1) is 6.92 Å². The molecule has 7 nitrogen and oxygen atoms in total. The number of pyridine rings is 1. The van der Waals surface area contributed by atoms with Gasteiger partial charge in [-0.25, -0.2) is 9.78 Å². The minimum Gasteiger partial charge on any atom is -0.453 e. The van der Waals surface area contributed by atoms with Crippen molar-refractivity contribution in [2.24, 2.45) is 0 Å². The maximum absolute atomic E-state index is 12.6. The van der Waals surface area contributed by atoms with Gasteiger partial charge in [-0.05, 0) is 25.1 Å². The number of nitrogens with zero attached hydrogens (tertiary/aromatic N) is 2. The van der Waals surface area contributed by atoms with Crippen LogP contribution in [0.15, 0.2) is 57.7 Å². The summed E-state index contributed by atoms with van der Waals surface area (Å²) in [4.78, 5) is 29.3. The summed E-state index contributed by atoms with van der Waals surface area (Å²) in [6.45, 7) is 1.91. The molecule has 0 atom stereocenters. The van der Waals surface area contributed by atoms with Gasteiger partial charge in [0.1, 0.15) is 17.8 Å². The lowest BCUT2D eigenvalue weighted by Gasteiger charge is -2.07. The van der Waals surface area contributed by atoms with E-state index in [1.165, 1.54) is 10.5 Å². The molecule has 7 heteroatoms. The molecular weight excluding hydrogens is 360 g/mol. The second kappa shape index (κ2) is 7.28. The normalized spacial score (nSPS) is 11.2. The third-order valence-electron chi connectivity index (χ3n) is 4.46. The molecule has 0 spiro atoms. The van der Waals surface area contributed by atoms with E-state index in [0.717, 1.165) is 11.1 Å². The second-order valence-electron chi connectivity index (χ2n) is 6.36. The average molecular weight is 378 g/mol. The van der Waals surface area contributed by atoms with Crippen molar-refractivity contribution in [2.45, 2.75) is 20.1 Å². The Bertz CT molecular complexity index is 1240. The number of ether oxygens (including phenoxy) is 2. The molecule has 0 unspecified atom stereocenters. The molecule has 0 radical (unpaired) electrons. The highest BCUT2D eigenvalue weighted by atomic mass is 16.5. The van der Waals surface area contributed by atoms with Crippen molar-refractivity contribution in [1.82, 2.24) is 9.38 Å². The topological polar surface area (TPSA) is 83.0 Å². The molecule has 0 aliphatic heterocycles. The van der Waals surface area contributed by atoms with Crippen LogP contribution in [-0.4, -0.2) is 22.5 Å². The van der Waals surface area contributed by atoms with Gasteiger partial charge in [0, 0.05) is 29.8 Å². The lowest BCUT2D eigenvalue weighted by atomic mass is 10.1. The molecule has 0 saturated heterocycles. The summed E-state index contributed by atoms with van der Waals surface area (Å²) >= 11 is 0. The molecule has 4 rings (SSSR count). The van der Waals surface area contributed by atoms with Crippen LogP contribution >= 0.6 is 0 Å². The monoisotopic (exact) mass is 378 g/mol. The van der Waals surface area contributed by atoms with Crippen molar-refractivity contribution in [3.8, 4) is 0 Å². The minimum absolute atomic E-state index is 0.0939. The Hall–Kier alpha value is -3.45. The van der Waals surface area contributed by atoms with Gasteiger partial charge in [-0.1, -0.05) is 24.3 Å². The Kier molecular flexibility index (Phi) is 4.67. The van der Waals surface area contributed by atoms with Crippen LogP contribution in [0.3, 0.4) is 0 Å². The first-order valence-corrected chi connectivity index (χ1v) is 8.73. The summed E-state index contributed by atoms with van der Waals surface area (Å²) in [6.07, 6.45) is 0. The lowest BCUT2D eigenvalue weighted by Crippen LogP contribution is -2.18. The van der Waals surface area contributed by atoms with Crippen molar-refractivity contribution in [3.05, 3.63) is 81.6 Å². The number of aryl methyl sites for hydroxylation is 1. The van der Waals surface area contributed by atoms with Crippen LogP contribution in [0.4, 0.5) is 0 Å². The van der Waals surface area contributed by atoms with Crippen LogP contribution in [0.2, 0.25) is 0 Å². The number of furan rings is 1. The largest absolute Gasteiger partial charge is 0.453 e. The summed E-state index contributed by atoms with van der Waals surface area (Å²) in [7, 11) is 1.55. The Morgan fingerprint density at radius 1 is 1.14 bits per heavy atom. The summed E-state index contributed by atoms with van der Waals surface area (Å²) in [5.74, 6) is -0.536. The molecular formula is C21H18N2O5. The van der Waals surface area contributed by atoms with E-state index in [1.807, 2.05) is 37.3 Å². The van der Waals surface area contributed by atoms with Crippen molar-refractivity contribution in [3.63, 3.8) is 0 Å². The molecule has 28 heavy (non-hydrogen) atoms. The molecule has 0 saturated carbocycles. The van der Waals surface area contributed by atoms with E-state index in [1.54, 1.807) is 19.2 Å². The van der Waals surface area contributed by atoms with Gasteiger partial charge >= 0.3 is 5.97 Å². The highest BCUT2D eigenvalue weighted by Gasteiger charge is 2.22. The summed E-state index contributed by atoms with van der Waals surface area (Å²) < 4.78 is 17.7. The fraction of sp³-hybridized carbons (Fsp3) is 0.190. The van der Waals surface area contributed by atoms with Gasteiger partial charge in [-0.2, -0.15) is 0 Å². The molecule has 0 amide bonds. The molecule has 0 bridgehead atoms. The number of esters is 1. The zero-order valence-corrected chi connectivity index (χ0v) is 15.5. The summed E-state index contributed by atoms with van der Waals surface area (Å²) in [6, 6.07) is 14.1. The van der Waals surface area contributed by atoms with Crippen molar-refractivity contribution in [1.29, 1.82) is 0 Å². The Labute approximate surface area is 160 Å². The Balaban J connectivity index is 1.62. The molecule has 142 valence electrons. The average Bonchev–Trinajstić information content (AvgIpc) is 3.05. The highest BCUT2D eigenvalue weighted by molar-refractivity contribution is 5.96. The van der Waals surface area contributed by atoms with E-state index >= 15 is 0 Å². The first-order valence-electron chi connectivity index (χ1n) is 8.73. The molecule has 3 heterocycles. The standard InChI is InChI=1S/C21H18N2O5/c1-13-6-5-9-18-22-14(10-19(24)23(13)18)11-27-21(25)20-16(12-26-2)15-7-3-4-8-17(15)28-20/h3-10H,11-12H2,1-2H3. The highest BCUT2D eigenvalue weighted by Crippen LogP contribution is 2.27. The lowest BCUT2D eigenvalue weighted by molar-refractivity contribution is 0.0427. The predicted octanol–water partition coefficient (Wildman–Crippen LogP) is 3.25. The zero-order chi connectivity index (χ0) is 19.7. The van der Waals surface area contributed by atoms with Gasteiger partial charge < -0.3 is 13.9 Å². The number of rotatable bonds is 5. The molecule has 0 aliphatic carbocycles. The number of hydrogen-bond acceptors (Lipinski definition) is 6. The van der Waals surface area contributed by atoms with Crippen LogP contribution < -0.4 is 5.56 Å². The van der Waals surface area contributed by atoms with Crippen molar-refractivity contribution >= 4 is 22.6 Å². The van der Waals surface area contributed by atoms with E-state index in [9.17, 15) is 9.59 Å². The zero-order valence-electron chi connectivity index (χ0n) is 15.5. The number of carbonyl (C=O) groups is 1. The fourth-order valence-corrected chi connectivity index (χ4v) is 3.19. The molecule has 0 N–H and O–H groups in total. The summed E-state index contributed by atoms with van der Waals surface area (Å²) in [5.41, 5.74) is 2.64. The smallest absolute Gasteiger partial charge is 0.375 e. The quantitative estimate of drug-likeness (QED) is 0.496. The van der Waals surface area contributed by atoms with Gasteiger partial charge in [0.15, 0.2) is 0 Å². The van der Waals surface area contributed by atoms with Crippen LogP contribution in [0.1, 0.15) is 27.5 Å². The Morgan fingerprint density at radius 3 is 2.79 bits per heavy atom. The second-order valence-corrected chi connectivity index (χ2v) is 6.36.